The summed E-state index contributed by atoms with van der Waals surface area (Å²) >= 11 is 1.70. The maximum Gasteiger partial charge on any atom is 0.112 e. The molecule has 6 heteroatoms. The molecule has 3 heterocycles. The van der Waals surface area contributed by atoms with E-state index in [2.05, 4.69) is 20.2 Å². The molecular weight excluding hydrogens is 284 g/mol. The summed E-state index contributed by atoms with van der Waals surface area (Å²) in [5.74, 6) is 0. The highest BCUT2D eigenvalue weighted by atomic mass is 32.1. The SMILES string of the molecule is Cc1cc(N)cc([C@@H]2CN(Cc3csc(C)n3)CCO2)n1. The average Bonchev–Trinajstić information content (AvgIpc) is 2.83. The maximum absolute atomic E-state index is 5.91. The first-order valence-electron chi connectivity index (χ1n) is 7.09. The van der Waals surface area contributed by atoms with E-state index < -0.39 is 0 Å². The number of hydrogen-bond donors (Lipinski definition) is 1. The lowest BCUT2D eigenvalue weighted by atomic mass is 10.1. The number of ether oxygens (including phenoxy) is 1. The minimum Gasteiger partial charge on any atom is -0.399 e. The second kappa shape index (κ2) is 6.09. The smallest absolute Gasteiger partial charge is 0.112 e. The molecule has 5 nitrogen and oxygen atoms in total. The van der Waals surface area contributed by atoms with E-state index in [0.717, 1.165) is 47.4 Å². The van der Waals surface area contributed by atoms with Crippen molar-refractivity contribution in [3.63, 3.8) is 0 Å². The van der Waals surface area contributed by atoms with Crippen LogP contribution in [0.1, 0.15) is 28.2 Å². The number of hydrogen-bond acceptors (Lipinski definition) is 6. The summed E-state index contributed by atoms with van der Waals surface area (Å²) in [5, 5.41) is 3.24. The van der Waals surface area contributed by atoms with Crippen LogP contribution in [0.25, 0.3) is 0 Å². The molecule has 0 unspecified atom stereocenters. The molecular formula is C15H20N4OS. The number of anilines is 1. The minimum atomic E-state index is -0.0133. The normalized spacial score (nSPS) is 19.8. The molecule has 1 saturated heterocycles. The molecule has 21 heavy (non-hydrogen) atoms. The van der Waals surface area contributed by atoms with Crippen LogP contribution in [0.15, 0.2) is 17.5 Å². The molecule has 1 aliphatic heterocycles. The van der Waals surface area contributed by atoms with Crippen molar-refractivity contribution in [3.8, 4) is 0 Å². The fourth-order valence-corrected chi connectivity index (χ4v) is 3.23. The molecule has 3 rings (SSSR count). The second-order valence-corrected chi connectivity index (χ2v) is 6.48. The average molecular weight is 304 g/mol. The zero-order valence-electron chi connectivity index (χ0n) is 12.4. The number of rotatable bonds is 3. The standard InChI is InChI=1S/C15H20N4OS/c1-10-5-12(16)6-14(17-10)15-8-19(3-4-20-15)7-13-9-21-11(2)18-13/h5-6,9,15H,3-4,7-8H2,1-2H3,(H2,16,17)/t15-/m0/s1. The number of aryl methyl sites for hydroxylation is 2. The lowest BCUT2D eigenvalue weighted by Gasteiger charge is -2.32. The van der Waals surface area contributed by atoms with Gasteiger partial charge in [0.25, 0.3) is 0 Å². The van der Waals surface area contributed by atoms with E-state index >= 15 is 0 Å². The lowest BCUT2D eigenvalue weighted by molar-refractivity contribution is -0.0353. The summed E-state index contributed by atoms with van der Waals surface area (Å²) in [4.78, 5) is 11.5. The highest BCUT2D eigenvalue weighted by Crippen LogP contribution is 2.24. The number of aromatic nitrogens is 2. The Morgan fingerprint density at radius 3 is 2.95 bits per heavy atom. The van der Waals surface area contributed by atoms with Gasteiger partial charge in [0.1, 0.15) is 6.10 Å². The van der Waals surface area contributed by atoms with Gasteiger partial charge in [-0.05, 0) is 26.0 Å². The van der Waals surface area contributed by atoms with Crippen molar-refractivity contribution >= 4 is 17.0 Å². The van der Waals surface area contributed by atoms with Gasteiger partial charge >= 0.3 is 0 Å². The van der Waals surface area contributed by atoms with Gasteiger partial charge in [-0.3, -0.25) is 9.88 Å². The highest BCUT2D eigenvalue weighted by Gasteiger charge is 2.24. The summed E-state index contributed by atoms with van der Waals surface area (Å²) in [5.41, 5.74) is 9.64. The van der Waals surface area contributed by atoms with Crippen LogP contribution >= 0.6 is 11.3 Å². The topological polar surface area (TPSA) is 64.3 Å². The van der Waals surface area contributed by atoms with E-state index in [4.69, 9.17) is 10.5 Å². The first kappa shape index (κ1) is 14.4. The molecule has 0 amide bonds. The van der Waals surface area contributed by atoms with Crippen LogP contribution in [-0.4, -0.2) is 34.6 Å². The van der Waals surface area contributed by atoms with E-state index in [0.29, 0.717) is 6.61 Å². The van der Waals surface area contributed by atoms with Gasteiger partial charge in [0.05, 0.1) is 23.0 Å². The zero-order chi connectivity index (χ0) is 14.8. The van der Waals surface area contributed by atoms with Crippen LogP contribution in [0.3, 0.4) is 0 Å². The quantitative estimate of drug-likeness (QED) is 0.942. The van der Waals surface area contributed by atoms with Crippen molar-refractivity contribution in [2.45, 2.75) is 26.5 Å². The summed E-state index contributed by atoms with van der Waals surface area (Å²) in [6.07, 6.45) is -0.0133. The first-order chi connectivity index (χ1) is 10.1. The van der Waals surface area contributed by atoms with Crippen molar-refractivity contribution in [2.75, 3.05) is 25.4 Å². The van der Waals surface area contributed by atoms with Crippen LogP contribution in [0.4, 0.5) is 5.69 Å². The highest BCUT2D eigenvalue weighted by molar-refractivity contribution is 7.09. The Balaban J connectivity index is 1.70. The van der Waals surface area contributed by atoms with Crippen LogP contribution in [0, 0.1) is 13.8 Å². The fourth-order valence-electron chi connectivity index (χ4n) is 2.62. The van der Waals surface area contributed by atoms with Gasteiger partial charge in [0.2, 0.25) is 0 Å². The van der Waals surface area contributed by atoms with Gasteiger partial charge in [-0.2, -0.15) is 0 Å². The van der Waals surface area contributed by atoms with Gasteiger partial charge in [-0.25, -0.2) is 4.98 Å². The van der Waals surface area contributed by atoms with Crippen molar-refractivity contribution in [2.24, 2.45) is 0 Å². The Labute approximate surface area is 128 Å². The third-order valence-electron chi connectivity index (χ3n) is 3.53. The van der Waals surface area contributed by atoms with Crippen LogP contribution < -0.4 is 5.73 Å². The first-order valence-corrected chi connectivity index (χ1v) is 7.97. The predicted octanol–water partition coefficient (Wildman–Crippen LogP) is 2.31. The predicted molar refractivity (Wildman–Crippen MR) is 84.2 cm³/mol. The molecule has 0 bridgehead atoms. The molecule has 2 N–H and O–H groups in total. The lowest BCUT2D eigenvalue weighted by Crippen LogP contribution is -2.38. The number of thiazole rings is 1. The molecule has 1 fully saturated rings. The number of nitrogens with two attached hydrogens (primary N) is 1. The van der Waals surface area contributed by atoms with Crippen molar-refractivity contribution < 1.29 is 4.74 Å². The molecule has 0 saturated carbocycles. The largest absolute Gasteiger partial charge is 0.399 e. The van der Waals surface area contributed by atoms with E-state index in [9.17, 15) is 0 Å². The van der Waals surface area contributed by atoms with Crippen molar-refractivity contribution in [1.29, 1.82) is 0 Å². The van der Waals surface area contributed by atoms with Crippen LogP contribution in [0.5, 0.6) is 0 Å². The maximum atomic E-state index is 5.91. The Kier molecular flexibility index (Phi) is 4.19. The van der Waals surface area contributed by atoms with Gasteiger partial charge in [0, 0.05) is 36.4 Å². The van der Waals surface area contributed by atoms with Gasteiger partial charge in [0.15, 0.2) is 0 Å². The summed E-state index contributed by atoms with van der Waals surface area (Å²) in [7, 11) is 0. The molecule has 2 aromatic heterocycles. The van der Waals surface area contributed by atoms with E-state index in [1.54, 1.807) is 11.3 Å². The van der Waals surface area contributed by atoms with Gasteiger partial charge in [-0.1, -0.05) is 0 Å². The summed E-state index contributed by atoms with van der Waals surface area (Å²) < 4.78 is 5.87. The molecule has 1 aliphatic rings. The van der Waals surface area contributed by atoms with Gasteiger partial charge in [-0.15, -0.1) is 11.3 Å². The van der Waals surface area contributed by atoms with E-state index in [-0.39, 0.29) is 6.10 Å². The Morgan fingerprint density at radius 2 is 2.24 bits per heavy atom. The number of nitrogen functional groups attached to an aromatic ring is 1. The Hall–Kier alpha value is -1.50. The molecule has 2 aromatic rings. The number of nitrogens with zero attached hydrogens (tertiary/aromatic N) is 3. The third kappa shape index (κ3) is 3.58. The second-order valence-electron chi connectivity index (χ2n) is 5.42. The van der Waals surface area contributed by atoms with E-state index in [1.807, 2.05) is 26.0 Å². The number of morpholine rings is 1. The van der Waals surface area contributed by atoms with Crippen molar-refractivity contribution in [1.82, 2.24) is 14.9 Å². The van der Waals surface area contributed by atoms with Crippen LogP contribution in [0.2, 0.25) is 0 Å². The molecule has 0 spiro atoms. The Morgan fingerprint density at radius 1 is 1.38 bits per heavy atom. The number of pyridine rings is 1. The molecule has 0 aliphatic carbocycles. The summed E-state index contributed by atoms with van der Waals surface area (Å²) in [6, 6.07) is 3.79. The molecule has 0 aromatic carbocycles. The van der Waals surface area contributed by atoms with Gasteiger partial charge < -0.3 is 10.5 Å². The minimum absolute atomic E-state index is 0.0133. The summed E-state index contributed by atoms with van der Waals surface area (Å²) in [6.45, 7) is 7.32. The zero-order valence-corrected chi connectivity index (χ0v) is 13.2. The monoisotopic (exact) mass is 304 g/mol. The van der Waals surface area contributed by atoms with E-state index in [1.165, 1.54) is 0 Å². The third-order valence-corrected chi connectivity index (χ3v) is 4.35. The Bertz CT molecular complexity index is 608. The van der Waals surface area contributed by atoms with Crippen LogP contribution in [-0.2, 0) is 11.3 Å². The van der Waals surface area contributed by atoms with Crippen molar-refractivity contribution in [3.05, 3.63) is 39.6 Å². The molecule has 112 valence electrons. The molecule has 1 atom stereocenters. The molecule has 0 radical (unpaired) electrons. The fraction of sp³-hybridized carbons (Fsp3) is 0.467.